The number of nitrogens with zero attached hydrogens (tertiary/aromatic N) is 4. The van der Waals surface area contributed by atoms with Crippen molar-refractivity contribution in [3.8, 4) is 0 Å². The van der Waals surface area contributed by atoms with Gasteiger partial charge in [0.25, 0.3) is 0 Å². The lowest BCUT2D eigenvalue weighted by Crippen LogP contribution is -2.44. The van der Waals surface area contributed by atoms with Crippen molar-refractivity contribution in [1.82, 2.24) is 25.3 Å². The Bertz CT molecular complexity index is 815. The SMILES string of the molecule is CCNC(=NCc1c(C)nn(CCOC)c1C)NCC(c1ccco1)N1CCCCC1.I. The van der Waals surface area contributed by atoms with Gasteiger partial charge in [-0.1, -0.05) is 6.42 Å². The summed E-state index contributed by atoms with van der Waals surface area (Å²) in [5.74, 6) is 1.83. The number of furan rings is 1. The van der Waals surface area contributed by atoms with Crippen LogP contribution < -0.4 is 10.6 Å². The number of rotatable bonds is 10. The van der Waals surface area contributed by atoms with Crippen LogP contribution in [0.4, 0.5) is 0 Å². The Morgan fingerprint density at radius 2 is 2.03 bits per heavy atom. The largest absolute Gasteiger partial charge is 0.468 e. The predicted molar refractivity (Wildman–Crippen MR) is 139 cm³/mol. The van der Waals surface area contributed by atoms with E-state index in [0.717, 1.165) is 55.8 Å². The molecule has 1 unspecified atom stereocenters. The number of aryl methyl sites for hydroxylation is 1. The van der Waals surface area contributed by atoms with Gasteiger partial charge in [0.05, 0.1) is 37.7 Å². The number of likely N-dealkylation sites (tertiary alicyclic amines) is 1. The molecule has 2 N–H and O–H groups in total. The molecule has 0 amide bonds. The highest BCUT2D eigenvalue weighted by atomic mass is 127. The Morgan fingerprint density at radius 3 is 2.69 bits per heavy atom. The fourth-order valence-electron chi connectivity index (χ4n) is 4.17. The molecule has 32 heavy (non-hydrogen) atoms. The molecule has 1 aliphatic rings. The molecule has 0 radical (unpaired) electrons. The third-order valence-electron chi connectivity index (χ3n) is 5.94. The first-order valence-electron chi connectivity index (χ1n) is 11.5. The molecular formula is C23H39IN6O2. The monoisotopic (exact) mass is 558 g/mol. The second-order valence-electron chi connectivity index (χ2n) is 8.07. The van der Waals surface area contributed by atoms with E-state index in [2.05, 4.69) is 40.5 Å². The van der Waals surface area contributed by atoms with E-state index in [9.17, 15) is 0 Å². The van der Waals surface area contributed by atoms with E-state index < -0.39 is 0 Å². The molecular weight excluding hydrogens is 519 g/mol. The molecule has 180 valence electrons. The van der Waals surface area contributed by atoms with Crippen molar-refractivity contribution < 1.29 is 9.15 Å². The average molecular weight is 559 g/mol. The molecule has 2 aromatic heterocycles. The summed E-state index contributed by atoms with van der Waals surface area (Å²) in [6.07, 6.45) is 5.57. The highest BCUT2D eigenvalue weighted by molar-refractivity contribution is 14.0. The zero-order valence-electron chi connectivity index (χ0n) is 19.9. The smallest absolute Gasteiger partial charge is 0.191 e. The van der Waals surface area contributed by atoms with Gasteiger partial charge in [-0.25, -0.2) is 4.99 Å². The Morgan fingerprint density at radius 1 is 1.25 bits per heavy atom. The number of nitrogens with one attached hydrogen (secondary N) is 2. The van der Waals surface area contributed by atoms with Gasteiger partial charge in [-0.3, -0.25) is 9.58 Å². The summed E-state index contributed by atoms with van der Waals surface area (Å²) in [6.45, 7) is 12.0. The number of halogens is 1. The molecule has 3 heterocycles. The molecule has 0 spiro atoms. The lowest BCUT2D eigenvalue weighted by Gasteiger charge is -2.33. The summed E-state index contributed by atoms with van der Waals surface area (Å²) in [4.78, 5) is 7.38. The fraction of sp³-hybridized carbons (Fsp3) is 0.652. The number of piperidine rings is 1. The van der Waals surface area contributed by atoms with Crippen molar-refractivity contribution in [2.24, 2.45) is 4.99 Å². The van der Waals surface area contributed by atoms with Crippen LogP contribution in [0.15, 0.2) is 27.8 Å². The van der Waals surface area contributed by atoms with Crippen molar-refractivity contribution in [1.29, 1.82) is 0 Å². The van der Waals surface area contributed by atoms with E-state index in [0.29, 0.717) is 13.2 Å². The molecule has 1 atom stereocenters. The zero-order valence-corrected chi connectivity index (χ0v) is 22.2. The number of guanidine groups is 1. The van der Waals surface area contributed by atoms with Gasteiger partial charge < -0.3 is 19.8 Å². The highest BCUT2D eigenvalue weighted by Gasteiger charge is 2.24. The molecule has 9 heteroatoms. The molecule has 8 nitrogen and oxygen atoms in total. The number of aliphatic imine (C=N–C) groups is 1. The van der Waals surface area contributed by atoms with E-state index >= 15 is 0 Å². The lowest BCUT2D eigenvalue weighted by atomic mass is 10.1. The van der Waals surface area contributed by atoms with Gasteiger partial charge in [0, 0.05) is 31.5 Å². The maximum atomic E-state index is 5.77. The van der Waals surface area contributed by atoms with Crippen molar-refractivity contribution in [2.45, 2.75) is 59.2 Å². The van der Waals surface area contributed by atoms with Crippen molar-refractivity contribution in [2.75, 3.05) is 39.9 Å². The standard InChI is InChI=1S/C23H38N6O2.HI/c1-5-24-23(25-16-20-18(2)27-29(19(20)3)13-15-30-4)26-17-21(22-10-9-14-31-22)28-11-7-6-8-12-28;/h9-10,14,21H,5-8,11-13,15-17H2,1-4H3,(H2,24,25,26);1H. The Balaban J connectivity index is 0.00000363. The molecule has 1 saturated heterocycles. The van der Waals surface area contributed by atoms with Gasteiger partial charge >= 0.3 is 0 Å². The van der Waals surface area contributed by atoms with Gasteiger partial charge in [0.2, 0.25) is 0 Å². The topological polar surface area (TPSA) is 79.8 Å². The Kier molecular flexibility index (Phi) is 11.5. The van der Waals surface area contributed by atoms with Gasteiger partial charge in [-0.15, -0.1) is 24.0 Å². The van der Waals surface area contributed by atoms with Crippen molar-refractivity contribution >= 4 is 29.9 Å². The summed E-state index contributed by atoms with van der Waals surface area (Å²) in [6, 6.07) is 4.25. The molecule has 0 bridgehead atoms. The zero-order chi connectivity index (χ0) is 22.1. The van der Waals surface area contributed by atoms with Crippen LogP contribution in [0.1, 0.15) is 54.9 Å². The van der Waals surface area contributed by atoms with Crippen molar-refractivity contribution in [3.05, 3.63) is 41.1 Å². The van der Waals surface area contributed by atoms with E-state index in [1.807, 2.05) is 17.7 Å². The van der Waals surface area contributed by atoms with Gasteiger partial charge in [0.1, 0.15) is 5.76 Å². The number of hydrogen-bond donors (Lipinski definition) is 2. The molecule has 0 saturated carbocycles. The number of ether oxygens (including phenoxy) is 1. The van der Waals surface area contributed by atoms with Crippen LogP contribution in [0.25, 0.3) is 0 Å². The maximum Gasteiger partial charge on any atom is 0.191 e. The number of aromatic nitrogens is 2. The first-order chi connectivity index (χ1) is 15.1. The first kappa shape index (κ1) is 26.7. The van der Waals surface area contributed by atoms with E-state index in [1.165, 1.54) is 24.8 Å². The number of hydrogen-bond acceptors (Lipinski definition) is 5. The molecule has 0 aliphatic carbocycles. The van der Waals surface area contributed by atoms with Crippen LogP contribution in [-0.2, 0) is 17.8 Å². The highest BCUT2D eigenvalue weighted by Crippen LogP contribution is 2.24. The van der Waals surface area contributed by atoms with E-state index in [1.54, 1.807) is 13.4 Å². The quantitative estimate of drug-likeness (QED) is 0.264. The van der Waals surface area contributed by atoms with Crippen LogP contribution in [0.5, 0.6) is 0 Å². The minimum absolute atomic E-state index is 0. The normalized spacial score (nSPS) is 15.9. The molecule has 1 fully saturated rings. The summed E-state index contributed by atoms with van der Waals surface area (Å²) >= 11 is 0. The molecule has 0 aromatic carbocycles. The van der Waals surface area contributed by atoms with Gasteiger partial charge in [-0.2, -0.15) is 5.10 Å². The lowest BCUT2D eigenvalue weighted by molar-refractivity contribution is 0.146. The number of methoxy groups -OCH3 is 1. The third kappa shape index (κ3) is 7.21. The second-order valence-corrected chi connectivity index (χ2v) is 8.07. The van der Waals surface area contributed by atoms with E-state index in [4.69, 9.17) is 14.1 Å². The Hall–Kier alpha value is -1.59. The predicted octanol–water partition coefficient (Wildman–Crippen LogP) is 3.64. The maximum absolute atomic E-state index is 5.77. The summed E-state index contributed by atoms with van der Waals surface area (Å²) < 4.78 is 13.0. The first-order valence-corrected chi connectivity index (χ1v) is 11.5. The minimum atomic E-state index is 0. The summed E-state index contributed by atoms with van der Waals surface area (Å²) in [5.41, 5.74) is 3.35. The third-order valence-corrected chi connectivity index (χ3v) is 5.94. The molecule has 1 aliphatic heterocycles. The summed E-state index contributed by atoms with van der Waals surface area (Å²) in [5, 5.41) is 11.6. The van der Waals surface area contributed by atoms with Crippen LogP contribution in [0, 0.1) is 13.8 Å². The van der Waals surface area contributed by atoms with E-state index in [-0.39, 0.29) is 30.0 Å². The van der Waals surface area contributed by atoms with Crippen LogP contribution in [0.3, 0.4) is 0 Å². The Labute approximate surface area is 209 Å². The van der Waals surface area contributed by atoms with Gasteiger partial charge in [-0.05, 0) is 58.8 Å². The summed E-state index contributed by atoms with van der Waals surface area (Å²) in [7, 11) is 1.71. The average Bonchev–Trinajstić information content (AvgIpc) is 3.40. The van der Waals surface area contributed by atoms with Crippen LogP contribution >= 0.6 is 24.0 Å². The minimum Gasteiger partial charge on any atom is -0.468 e. The van der Waals surface area contributed by atoms with Crippen LogP contribution in [0.2, 0.25) is 0 Å². The van der Waals surface area contributed by atoms with Crippen molar-refractivity contribution in [3.63, 3.8) is 0 Å². The van der Waals surface area contributed by atoms with Crippen LogP contribution in [-0.4, -0.2) is 60.5 Å². The van der Waals surface area contributed by atoms with Gasteiger partial charge in [0.15, 0.2) is 5.96 Å². The molecule has 2 aromatic rings. The second kappa shape index (κ2) is 13.8. The fourth-order valence-corrected chi connectivity index (χ4v) is 4.17. The molecule has 3 rings (SSSR count).